The summed E-state index contributed by atoms with van der Waals surface area (Å²) in [4.78, 5) is 20.9. The fraction of sp³-hybridized carbons (Fsp3) is 0.600. The lowest BCUT2D eigenvalue weighted by Crippen LogP contribution is -2.40. The molecule has 0 spiro atoms. The zero-order valence-corrected chi connectivity index (χ0v) is 7.05. The minimum absolute atomic E-state index is 0.0535. The summed E-state index contributed by atoms with van der Waals surface area (Å²) in [5.74, 6) is -0.220. The molecular weight excluding hydrogens is 163 g/mol. The SMILES string of the molecule is COCOC(=O)NBNC(C)=O. The molecule has 0 unspecified atom stereocenters. The summed E-state index contributed by atoms with van der Waals surface area (Å²) in [7, 11) is 1.46. The minimum atomic E-state index is -0.634. The summed E-state index contributed by atoms with van der Waals surface area (Å²) in [5, 5.41) is 4.64. The molecule has 0 aromatic rings. The van der Waals surface area contributed by atoms with Gasteiger partial charge in [-0.15, -0.1) is 0 Å². The first kappa shape index (κ1) is 10.8. The molecule has 2 N–H and O–H groups in total. The number of carbonyl (C=O) groups is 2. The Hall–Kier alpha value is -1.24. The second-order valence-electron chi connectivity index (χ2n) is 1.92. The van der Waals surface area contributed by atoms with E-state index < -0.39 is 6.09 Å². The van der Waals surface area contributed by atoms with Crippen molar-refractivity contribution in [2.45, 2.75) is 6.92 Å². The van der Waals surface area contributed by atoms with Crippen LogP contribution in [0.5, 0.6) is 0 Å². The average molecular weight is 174 g/mol. The number of nitrogens with one attached hydrogen (secondary N) is 2. The molecule has 0 aromatic carbocycles. The van der Waals surface area contributed by atoms with Gasteiger partial charge in [0.15, 0.2) is 6.79 Å². The second-order valence-corrected chi connectivity index (χ2v) is 1.92. The lowest BCUT2D eigenvalue weighted by atomic mass is 10.2. The topological polar surface area (TPSA) is 76.7 Å². The number of rotatable bonds is 4. The Bertz CT molecular complexity index is 164. The highest BCUT2D eigenvalue weighted by Gasteiger charge is 2.01. The fourth-order valence-electron chi connectivity index (χ4n) is 0.404. The van der Waals surface area contributed by atoms with Crippen molar-refractivity contribution < 1.29 is 19.1 Å². The van der Waals surface area contributed by atoms with E-state index in [1.807, 2.05) is 0 Å². The zero-order chi connectivity index (χ0) is 9.40. The third-order valence-electron chi connectivity index (χ3n) is 0.878. The van der Waals surface area contributed by atoms with Crippen molar-refractivity contribution in [2.75, 3.05) is 13.9 Å². The predicted octanol–water partition coefficient (Wildman–Crippen LogP) is -1.28. The van der Waals surface area contributed by atoms with Gasteiger partial charge in [0, 0.05) is 14.0 Å². The number of hydrogen-bond acceptors (Lipinski definition) is 4. The molecule has 0 saturated heterocycles. The van der Waals surface area contributed by atoms with Gasteiger partial charge in [-0.3, -0.25) is 4.79 Å². The summed E-state index contributed by atoms with van der Waals surface area (Å²) >= 11 is 0. The molecule has 0 aliphatic heterocycles. The van der Waals surface area contributed by atoms with Gasteiger partial charge in [0.2, 0.25) is 5.91 Å². The maximum atomic E-state index is 10.6. The quantitative estimate of drug-likeness (QED) is 0.411. The smallest absolute Gasteiger partial charge is 0.398 e. The third kappa shape index (κ3) is 6.88. The van der Waals surface area contributed by atoms with E-state index in [4.69, 9.17) is 0 Å². The largest absolute Gasteiger partial charge is 0.423 e. The van der Waals surface area contributed by atoms with Crippen LogP contribution in [-0.4, -0.2) is 33.5 Å². The Morgan fingerprint density at radius 3 is 2.58 bits per heavy atom. The van der Waals surface area contributed by atoms with Gasteiger partial charge in [0.25, 0.3) is 0 Å². The molecule has 0 radical (unpaired) electrons. The van der Waals surface area contributed by atoms with E-state index in [9.17, 15) is 9.59 Å². The highest BCUT2D eigenvalue weighted by atomic mass is 16.7. The fourth-order valence-corrected chi connectivity index (χ4v) is 0.404. The number of amides is 2. The highest BCUT2D eigenvalue weighted by molar-refractivity contribution is 6.37. The normalized spacial score (nSPS) is 8.50. The Morgan fingerprint density at radius 2 is 2.08 bits per heavy atom. The Labute approximate surface area is 70.9 Å². The third-order valence-corrected chi connectivity index (χ3v) is 0.878. The van der Waals surface area contributed by atoms with Crippen molar-refractivity contribution in [3.8, 4) is 0 Å². The molecule has 0 aromatic heterocycles. The molecule has 7 heteroatoms. The zero-order valence-electron chi connectivity index (χ0n) is 7.05. The molecule has 0 heterocycles. The maximum absolute atomic E-state index is 10.6. The molecule has 0 saturated carbocycles. The van der Waals surface area contributed by atoms with Gasteiger partial charge in [-0.25, -0.2) is 4.79 Å². The van der Waals surface area contributed by atoms with Crippen LogP contribution in [0.1, 0.15) is 6.92 Å². The predicted molar refractivity (Wildman–Crippen MR) is 42.5 cm³/mol. The summed E-state index contributed by atoms with van der Waals surface area (Å²) in [6.07, 6.45) is -0.634. The van der Waals surface area contributed by atoms with E-state index in [0.717, 1.165) is 0 Å². The summed E-state index contributed by atoms with van der Waals surface area (Å²) < 4.78 is 8.92. The van der Waals surface area contributed by atoms with Gasteiger partial charge in [0.1, 0.15) is 0 Å². The van der Waals surface area contributed by atoms with Crippen LogP contribution in [0.25, 0.3) is 0 Å². The summed E-state index contributed by atoms with van der Waals surface area (Å²) in [6, 6.07) is 0. The number of ether oxygens (including phenoxy) is 2. The van der Waals surface area contributed by atoms with Crippen molar-refractivity contribution in [1.82, 2.24) is 10.5 Å². The maximum Gasteiger partial charge on any atom is 0.398 e. The molecule has 2 amide bonds. The van der Waals surface area contributed by atoms with Gasteiger partial charge >= 0.3 is 13.6 Å². The van der Waals surface area contributed by atoms with Crippen LogP contribution in [0.4, 0.5) is 4.79 Å². The Kier molecular flexibility index (Phi) is 5.81. The lowest BCUT2D eigenvalue weighted by molar-refractivity contribution is -0.117. The standard InChI is InChI=1S/C5H11BN2O4/c1-4(9)7-6-8-5(10)12-3-11-2/h6H,3H2,1-2H3,(H,7,9)(H,8,10). The van der Waals surface area contributed by atoms with Crippen LogP contribution in [0.15, 0.2) is 0 Å². The van der Waals surface area contributed by atoms with Crippen LogP contribution >= 0.6 is 0 Å². The molecule has 0 aliphatic carbocycles. The van der Waals surface area contributed by atoms with Gasteiger partial charge in [0.05, 0.1) is 0 Å². The van der Waals surface area contributed by atoms with E-state index in [1.165, 1.54) is 14.0 Å². The van der Waals surface area contributed by atoms with E-state index in [0.29, 0.717) is 0 Å². The number of methoxy groups -OCH3 is 1. The van der Waals surface area contributed by atoms with Gasteiger partial charge in [-0.1, -0.05) is 0 Å². The molecule has 0 fully saturated rings. The summed E-state index contributed by atoms with van der Waals surface area (Å²) in [5.41, 5.74) is 0. The minimum Gasteiger partial charge on any atom is -0.423 e. The van der Waals surface area contributed by atoms with Crippen LogP contribution in [0.3, 0.4) is 0 Å². The number of hydrogen-bond donors (Lipinski definition) is 2. The molecule has 12 heavy (non-hydrogen) atoms. The molecule has 6 nitrogen and oxygen atoms in total. The van der Waals surface area contributed by atoms with E-state index in [2.05, 4.69) is 19.9 Å². The van der Waals surface area contributed by atoms with Crippen LogP contribution < -0.4 is 10.5 Å². The molecule has 0 atom stereocenters. The van der Waals surface area contributed by atoms with Crippen molar-refractivity contribution in [2.24, 2.45) is 0 Å². The lowest BCUT2D eigenvalue weighted by Gasteiger charge is -2.03. The van der Waals surface area contributed by atoms with Crippen molar-refractivity contribution in [3.05, 3.63) is 0 Å². The second kappa shape index (κ2) is 6.47. The monoisotopic (exact) mass is 174 g/mol. The molecule has 0 bridgehead atoms. The van der Waals surface area contributed by atoms with Crippen LogP contribution in [-0.2, 0) is 14.3 Å². The first-order chi connectivity index (χ1) is 5.66. The van der Waals surface area contributed by atoms with Crippen LogP contribution in [0.2, 0.25) is 0 Å². The van der Waals surface area contributed by atoms with Crippen molar-refractivity contribution in [3.63, 3.8) is 0 Å². The highest BCUT2D eigenvalue weighted by Crippen LogP contribution is 1.74. The van der Waals surface area contributed by atoms with Crippen LogP contribution in [0, 0.1) is 0 Å². The number of carbonyl (C=O) groups excluding carboxylic acids is 2. The van der Waals surface area contributed by atoms with Gasteiger partial charge < -0.3 is 19.9 Å². The molecular formula is C5H11BN2O4. The molecule has 0 aliphatic rings. The van der Waals surface area contributed by atoms with E-state index in [-0.39, 0.29) is 20.2 Å². The molecule has 0 rings (SSSR count). The summed E-state index contributed by atoms with van der Waals surface area (Å²) in [6.45, 7) is 1.24. The van der Waals surface area contributed by atoms with E-state index >= 15 is 0 Å². The van der Waals surface area contributed by atoms with E-state index in [1.54, 1.807) is 0 Å². The van der Waals surface area contributed by atoms with Crippen molar-refractivity contribution >= 4 is 19.5 Å². The average Bonchev–Trinajstić information content (AvgIpc) is 2.00. The Balaban J connectivity index is 3.25. The Morgan fingerprint density at radius 1 is 1.42 bits per heavy atom. The first-order valence-corrected chi connectivity index (χ1v) is 3.31. The molecule has 68 valence electrons. The van der Waals surface area contributed by atoms with Gasteiger partial charge in [-0.2, -0.15) is 0 Å². The van der Waals surface area contributed by atoms with Gasteiger partial charge in [-0.05, 0) is 0 Å². The first-order valence-electron chi connectivity index (χ1n) is 3.31. The van der Waals surface area contributed by atoms with Crippen molar-refractivity contribution in [1.29, 1.82) is 0 Å².